The van der Waals surface area contributed by atoms with Crippen LogP contribution in [0.1, 0.15) is 63.8 Å². The van der Waals surface area contributed by atoms with Crippen molar-refractivity contribution in [2.24, 2.45) is 17.4 Å². The van der Waals surface area contributed by atoms with Crippen molar-refractivity contribution >= 4 is 11.6 Å². The summed E-state index contributed by atoms with van der Waals surface area (Å²) in [6, 6.07) is 14.1. The highest BCUT2D eigenvalue weighted by Crippen LogP contribution is 2.48. The molecule has 42 heavy (non-hydrogen) atoms. The second kappa shape index (κ2) is 10.2. The number of allylic oxidation sites excluding steroid dienone is 1. The monoisotopic (exact) mass is 562 g/mol. The minimum Gasteiger partial charge on any atom is -0.399 e. The number of hydrogen-bond donors (Lipinski definition) is 5. The van der Waals surface area contributed by atoms with Gasteiger partial charge in [0.15, 0.2) is 0 Å². The van der Waals surface area contributed by atoms with Gasteiger partial charge < -0.3 is 21.7 Å². The Bertz CT molecular complexity index is 1690. The van der Waals surface area contributed by atoms with Crippen LogP contribution in [0.4, 0.5) is 0 Å². The summed E-state index contributed by atoms with van der Waals surface area (Å²) in [6.45, 7) is 10.8. The van der Waals surface area contributed by atoms with Gasteiger partial charge in [0.25, 0.3) is 0 Å². The molecule has 0 bridgehead atoms. The SMILES string of the molecule is C=C(N)c1ccc2c(c1)CCc1cc(C(N)=O)ccc1C2(C[C@H](C)NCC(=C)N1C(C#N)=C[C@@H]2C[C@@H]21)c1n[nH]c(=O)[nH]1. The third-order valence-electron chi connectivity index (χ3n) is 8.84. The molecule has 1 aliphatic heterocycles. The van der Waals surface area contributed by atoms with E-state index in [0.29, 0.717) is 60.5 Å². The number of fused-ring (bicyclic) bond motifs is 3. The molecular formula is C32H34N8O2. The number of nitrogens with two attached hydrogens (primary N) is 2. The summed E-state index contributed by atoms with van der Waals surface area (Å²) in [6.07, 6.45) is 4.94. The van der Waals surface area contributed by atoms with E-state index < -0.39 is 17.0 Å². The van der Waals surface area contributed by atoms with Gasteiger partial charge in [-0.3, -0.25) is 9.78 Å². The average Bonchev–Trinajstić information content (AvgIpc) is 3.46. The number of nitrogens with zero attached hydrogens (tertiary/aromatic N) is 3. The Hall–Kier alpha value is -4.88. The molecule has 214 valence electrons. The molecule has 7 N–H and O–H groups in total. The standard InChI is InChI=1S/C32H34N8O2/c1-17(36-16-18(2)40-25(15-33)12-24-13-28(24)40)14-32(30-37-31(42)39-38-30)26-8-6-20(19(3)34)10-21(26)4-5-22-11-23(29(35)41)7-9-27(22)32/h6-12,17,24,28,36H,2-5,13-14,16,34H2,1H3,(H2,35,41)(H2,37,38,39,42)/t17-,24+,28-,32?/m0/s1. The van der Waals surface area contributed by atoms with Crippen molar-refractivity contribution in [2.45, 2.75) is 50.1 Å². The van der Waals surface area contributed by atoms with Gasteiger partial charge in [0, 0.05) is 41.5 Å². The molecule has 0 radical (unpaired) electrons. The van der Waals surface area contributed by atoms with Gasteiger partial charge in [-0.1, -0.05) is 31.4 Å². The van der Waals surface area contributed by atoms with Crippen LogP contribution in [0.5, 0.6) is 0 Å². The lowest BCUT2D eigenvalue weighted by atomic mass is 9.67. The number of primary amides is 1. The number of H-pyrrole nitrogens is 2. The Morgan fingerprint density at radius 1 is 1.19 bits per heavy atom. The van der Waals surface area contributed by atoms with Gasteiger partial charge in [0.05, 0.1) is 5.41 Å². The van der Waals surface area contributed by atoms with Crippen LogP contribution in [0.15, 0.2) is 71.8 Å². The number of nitriles is 1. The normalized spacial score (nSPS) is 22.6. The van der Waals surface area contributed by atoms with Crippen molar-refractivity contribution in [3.63, 3.8) is 0 Å². The molecule has 10 heteroatoms. The minimum absolute atomic E-state index is 0.0900. The molecule has 1 fully saturated rings. The zero-order valence-corrected chi connectivity index (χ0v) is 23.5. The molecule has 1 saturated carbocycles. The van der Waals surface area contributed by atoms with Crippen LogP contribution in [0.2, 0.25) is 0 Å². The van der Waals surface area contributed by atoms with Gasteiger partial charge in [-0.05, 0) is 84.7 Å². The van der Waals surface area contributed by atoms with E-state index in [1.165, 1.54) is 0 Å². The lowest BCUT2D eigenvalue weighted by Gasteiger charge is -2.37. The van der Waals surface area contributed by atoms with Crippen LogP contribution in [0.3, 0.4) is 0 Å². The lowest BCUT2D eigenvalue weighted by Crippen LogP contribution is -2.42. The van der Waals surface area contributed by atoms with E-state index in [0.717, 1.165) is 39.9 Å². The molecule has 0 saturated heterocycles. The molecular weight excluding hydrogens is 528 g/mol. The Morgan fingerprint density at radius 2 is 1.86 bits per heavy atom. The number of rotatable bonds is 9. The van der Waals surface area contributed by atoms with E-state index in [-0.39, 0.29) is 6.04 Å². The molecule has 3 aromatic rings. The zero-order chi connectivity index (χ0) is 29.8. The molecule has 2 aromatic carbocycles. The van der Waals surface area contributed by atoms with Gasteiger partial charge in [-0.2, -0.15) is 10.4 Å². The minimum atomic E-state index is -0.883. The summed E-state index contributed by atoms with van der Waals surface area (Å²) in [5.41, 5.74) is 17.6. The molecule has 10 nitrogen and oxygen atoms in total. The number of hydrogen-bond acceptors (Lipinski definition) is 7. The third-order valence-corrected chi connectivity index (χ3v) is 8.84. The molecule has 4 atom stereocenters. The van der Waals surface area contributed by atoms with Crippen molar-refractivity contribution in [1.29, 1.82) is 5.26 Å². The highest BCUT2D eigenvalue weighted by Gasteiger charge is 2.48. The van der Waals surface area contributed by atoms with E-state index in [9.17, 15) is 14.9 Å². The smallest absolute Gasteiger partial charge is 0.340 e. The van der Waals surface area contributed by atoms with Crippen LogP contribution in [-0.4, -0.2) is 44.6 Å². The first kappa shape index (κ1) is 27.3. The molecule has 3 aliphatic rings. The number of carbonyl (C=O) groups excluding carboxylic acids is 1. The zero-order valence-electron chi connectivity index (χ0n) is 23.5. The fourth-order valence-electron chi connectivity index (χ4n) is 6.79. The van der Waals surface area contributed by atoms with Crippen molar-refractivity contribution < 1.29 is 4.79 Å². The lowest BCUT2D eigenvalue weighted by molar-refractivity contribution is 0.1000. The van der Waals surface area contributed by atoms with E-state index >= 15 is 0 Å². The molecule has 2 heterocycles. The number of aromatic nitrogens is 3. The van der Waals surface area contributed by atoms with Crippen molar-refractivity contribution in [3.8, 4) is 6.07 Å². The maximum Gasteiger partial charge on any atom is 0.340 e. The Morgan fingerprint density at radius 3 is 2.45 bits per heavy atom. The van der Waals surface area contributed by atoms with Gasteiger partial charge >= 0.3 is 5.69 Å². The highest BCUT2D eigenvalue weighted by atomic mass is 16.1. The molecule has 6 rings (SSSR count). The van der Waals surface area contributed by atoms with E-state index in [1.54, 1.807) is 6.07 Å². The molecule has 1 unspecified atom stereocenters. The summed E-state index contributed by atoms with van der Waals surface area (Å²) in [5.74, 6) is 0.414. The number of nitrogens with one attached hydrogen (secondary N) is 3. The Balaban J connectivity index is 1.43. The number of benzene rings is 2. The van der Waals surface area contributed by atoms with Gasteiger partial charge in [0.2, 0.25) is 5.91 Å². The van der Waals surface area contributed by atoms with Crippen LogP contribution >= 0.6 is 0 Å². The van der Waals surface area contributed by atoms with E-state index in [2.05, 4.69) is 46.6 Å². The highest BCUT2D eigenvalue weighted by molar-refractivity contribution is 5.93. The summed E-state index contributed by atoms with van der Waals surface area (Å²) in [5, 5.41) is 20.3. The fraction of sp³-hybridized carbons (Fsp3) is 0.312. The van der Waals surface area contributed by atoms with Crippen LogP contribution in [0, 0.1) is 17.2 Å². The van der Waals surface area contributed by atoms with Crippen LogP contribution in [-0.2, 0) is 18.3 Å². The van der Waals surface area contributed by atoms with Crippen molar-refractivity contribution in [1.82, 2.24) is 25.4 Å². The van der Waals surface area contributed by atoms with Crippen LogP contribution < -0.4 is 22.5 Å². The fourth-order valence-corrected chi connectivity index (χ4v) is 6.79. The molecule has 0 spiro atoms. The Kier molecular flexibility index (Phi) is 6.62. The first-order chi connectivity index (χ1) is 20.1. The number of aromatic amines is 2. The average molecular weight is 563 g/mol. The van der Waals surface area contributed by atoms with Gasteiger partial charge in [-0.15, -0.1) is 0 Å². The largest absolute Gasteiger partial charge is 0.399 e. The summed E-state index contributed by atoms with van der Waals surface area (Å²) >= 11 is 0. The number of amides is 1. The first-order valence-electron chi connectivity index (χ1n) is 14.1. The molecule has 2 aliphatic carbocycles. The molecule has 1 amide bonds. The second-order valence-corrected chi connectivity index (χ2v) is 11.6. The summed E-state index contributed by atoms with van der Waals surface area (Å²) < 4.78 is 0. The van der Waals surface area contributed by atoms with Gasteiger partial charge in [-0.25, -0.2) is 9.89 Å². The topological polar surface area (TPSA) is 170 Å². The molecule has 1 aromatic heterocycles. The van der Waals surface area contributed by atoms with E-state index in [1.807, 2.05) is 41.3 Å². The van der Waals surface area contributed by atoms with Gasteiger partial charge in [0.1, 0.15) is 17.6 Å². The van der Waals surface area contributed by atoms with Crippen molar-refractivity contribution in [2.75, 3.05) is 6.54 Å². The third kappa shape index (κ3) is 4.52. The predicted octanol–water partition coefficient (Wildman–Crippen LogP) is 2.55. The Labute approximate surface area is 243 Å². The number of aryl methyl sites for hydroxylation is 2. The number of carbonyl (C=O) groups is 1. The summed E-state index contributed by atoms with van der Waals surface area (Å²) in [4.78, 5) is 29.6. The summed E-state index contributed by atoms with van der Waals surface area (Å²) in [7, 11) is 0. The second-order valence-electron chi connectivity index (χ2n) is 11.6. The quantitative estimate of drug-likeness (QED) is 0.267. The van der Waals surface area contributed by atoms with Crippen LogP contribution in [0.25, 0.3) is 5.70 Å². The predicted molar refractivity (Wildman–Crippen MR) is 160 cm³/mol. The van der Waals surface area contributed by atoms with Crippen molar-refractivity contribution in [3.05, 3.63) is 117 Å². The maximum absolute atomic E-state index is 12.5. The maximum atomic E-state index is 12.5. The van der Waals surface area contributed by atoms with E-state index in [4.69, 9.17) is 11.5 Å². The first-order valence-corrected chi connectivity index (χ1v) is 14.1.